The molecule has 0 aliphatic heterocycles. The predicted molar refractivity (Wildman–Crippen MR) is 204 cm³/mol. The zero-order valence-electron chi connectivity index (χ0n) is 33.9. The Hall–Kier alpha value is 0.570. The van der Waals surface area contributed by atoms with E-state index >= 15 is 0 Å². The van der Waals surface area contributed by atoms with E-state index in [1.54, 1.807) is 0 Å². The van der Waals surface area contributed by atoms with E-state index in [4.69, 9.17) is 0 Å². The minimum absolute atomic E-state index is 0. The largest absolute Gasteiger partial charge is 1.00 e. The van der Waals surface area contributed by atoms with Crippen LogP contribution < -0.4 is 29.6 Å². The van der Waals surface area contributed by atoms with Gasteiger partial charge in [0, 0.05) is 0 Å². The predicted octanol–water partition coefficient (Wildman–Crippen LogP) is 7.62. The number of rotatable bonds is 40. The summed E-state index contributed by atoms with van der Waals surface area (Å²) < 4.78 is 97.7. The maximum absolute atomic E-state index is 11.6. The molecule has 0 rings (SSSR count). The van der Waals surface area contributed by atoms with Crippen molar-refractivity contribution in [3.63, 3.8) is 0 Å². The van der Waals surface area contributed by atoms with E-state index in [0.29, 0.717) is 19.3 Å². The quantitative estimate of drug-likeness (QED) is 0.0147. The molecule has 0 aromatic heterocycles. The van der Waals surface area contributed by atoms with Crippen LogP contribution in [0.15, 0.2) is 0 Å². The first-order valence-electron chi connectivity index (χ1n) is 20.3. The van der Waals surface area contributed by atoms with E-state index in [-0.39, 0.29) is 49.4 Å². The van der Waals surface area contributed by atoms with Crippen LogP contribution in [0.1, 0.15) is 213 Å². The standard InChI is InChI=1S/C24H50O9S2.C12H26O4S.Na/c1-3-5-7-9-11-13-15-17-19-21-23-29-34(25,26)32-31-33-35(27,28)30-24-22-20-18-16-14-12-10-8-6-4-2;1-2-3-4-5-6-7-8-9-10-11-12-16-17(13,14)15;/h3-24H2,1-2H3;2-12H2,1H3,(H,13,14,15);/q;;+1/p-1. The molecule has 0 fully saturated rings. The van der Waals surface area contributed by atoms with Crippen LogP contribution in [0.2, 0.25) is 0 Å². The van der Waals surface area contributed by atoms with E-state index in [2.05, 4.69) is 47.0 Å². The summed E-state index contributed by atoms with van der Waals surface area (Å²) in [6.07, 6.45) is 33.7. The van der Waals surface area contributed by atoms with Gasteiger partial charge in [0.15, 0.2) is 0 Å². The third-order valence-electron chi connectivity index (χ3n) is 8.40. The van der Waals surface area contributed by atoms with Crippen molar-refractivity contribution in [2.24, 2.45) is 0 Å². The molecule has 0 saturated heterocycles. The molecule has 17 heteroatoms. The maximum atomic E-state index is 11.6. The Bertz CT molecular complexity index is 1000. The van der Waals surface area contributed by atoms with Gasteiger partial charge in [-0.05, 0) is 24.3 Å². The summed E-state index contributed by atoms with van der Waals surface area (Å²) in [4.78, 5) is 0. The molecule has 316 valence electrons. The van der Waals surface area contributed by atoms with Crippen molar-refractivity contribution in [2.75, 3.05) is 19.8 Å². The smallest absolute Gasteiger partial charge is 0.726 e. The summed E-state index contributed by atoms with van der Waals surface area (Å²) >= 11 is 0. The summed E-state index contributed by atoms with van der Waals surface area (Å²) in [5, 5.41) is 3.84. The van der Waals surface area contributed by atoms with Crippen molar-refractivity contribution in [1.82, 2.24) is 0 Å². The second-order valence-electron chi connectivity index (χ2n) is 13.4. The van der Waals surface area contributed by atoms with Crippen LogP contribution in [0, 0.1) is 0 Å². The van der Waals surface area contributed by atoms with Crippen LogP contribution in [-0.4, -0.2) is 49.6 Å². The molecule has 0 N–H and O–H groups in total. The van der Waals surface area contributed by atoms with E-state index < -0.39 is 31.2 Å². The third-order valence-corrected chi connectivity index (χ3v) is 10.2. The molecule has 13 nitrogen and oxygen atoms in total. The van der Waals surface area contributed by atoms with Gasteiger partial charge in [-0.15, -0.1) is 0 Å². The van der Waals surface area contributed by atoms with Gasteiger partial charge in [-0.3, -0.25) is 4.18 Å². The minimum atomic E-state index is -4.53. The Kier molecular flexibility index (Phi) is 46.1. The van der Waals surface area contributed by atoms with Gasteiger partial charge in [0.2, 0.25) is 10.4 Å². The topological polar surface area (TPSA) is 181 Å². The molecule has 0 atom stereocenters. The van der Waals surface area contributed by atoms with Gasteiger partial charge in [0.05, 0.1) is 19.8 Å². The SMILES string of the molecule is CCCCCCCCCCCCOS(=O)(=O)OOOS(=O)(=O)OCCCCCCCCCCCC.CCCCCCCCCCCCOS(=O)(=O)[O-].[Na+]. The van der Waals surface area contributed by atoms with Crippen molar-refractivity contribution in [2.45, 2.75) is 213 Å². The van der Waals surface area contributed by atoms with Gasteiger partial charge in [-0.1, -0.05) is 203 Å². The van der Waals surface area contributed by atoms with Gasteiger partial charge in [-0.2, -0.15) is 16.8 Å². The van der Waals surface area contributed by atoms with Crippen molar-refractivity contribution in [3.8, 4) is 0 Å². The first-order valence-corrected chi connectivity index (χ1v) is 24.3. The molecule has 0 heterocycles. The van der Waals surface area contributed by atoms with Crippen molar-refractivity contribution in [3.05, 3.63) is 0 Å². The molecule has 0 aliphatic rings. The monoisotopic (exact) mass is 834 g/mol. The van der Waals surface area contributed by atoms with Crippen molar-refractivity contribution in [1.29, 1.82) is 0 Å². The summed E-state index contributed by atoms with van der Waals surface area (Å²) in [7, 11) is -13.5. The van der Waals surface area contributed by atoms with Gasteiger partial charge in [0.1, 0.15) is 0 Å². The van der Waals surface area contributed by atoms with Gasteiger partial charge >= 0.3 is 50.4 Å². The first-order chi connectivity index (χ1) is 24.9. The van der Waals surface area contributed by atoms with Crippen LogP contribution in [-0.2, 0) is 57.5 Å². The van der Waals surface area contributed by atoms with E-state index in [1.165, 1.54) is 122 Å². The third kappa shape index (κ3) is 52.6. The zero-order chi connectivity index (χ0) is 39.1. The Morgan fingerprint density at radius 1 is 0.340 bits per heavy atom. The molecule has 53 heavy (non-hydrogen) atoms. The van der Waals surface area contributed by atoms with Gasteiger partial charge in [0.25, 0.3) is 0 Å². The number of hydrogen-bond acceptors (Lipinski definition) is 13. The fourth-order valence-electron chi connectivity index (χ4n) is 5.37. The Balaban J connectivity index is -0.00000117. The summed E-state index contributed by atoms with van der Waals surface area (Å²) in [5.74, 6) is 0. The molecular weight excluding hydrogens is 760 g/mol. The van der Waals surface area contributed by atoms with Gasteiger partial charge < -0.3 is 4.55 Å². The average Bonchev–Trinajstić information content (AvgIpc) is 3.08. The minimum Gasteiger partial charge on any atom is -0.726 e. The van der Waals surface area contributed by atoms with Crippen LogP contribution in [0.5, 0.6) is 0 Å². The Morgan fingerprint density at radius 3 is 0.774 bits per heavy atom. The van der Waals surface area contributed by atoms with Crippen molar-refractivity contribution < 1.29 is 85.6 Å². The number of hydrogen-bond donors (Lipinski definition) is 0. The van der Waals surface area contributed by atoms with Gasteiger partial charge in [-0.25, -0.2) is 16.8 Å². The van der Waals surface area contributed by atoms with Crippen LogP contribution in [0.25, 0.3) is 0 Å². The summed E-state index contributed by atoms with van der Waals surface area (Å²) in [6, 6.07) is 0. The maximum Gasteiger partial charge on any atom is 1.00 e. The molecule has 0 bridgehead atoms. The second-order valence-corrected chi connectivity index (χ2v) is 16.9. The molecule has 0 aliphatic carbocycles. The molecule has 0 saturated carbocycles. The van der Waals surface area contributed by atoms with Crippen molar-refractivity contribution >= 4 is 31.2 Å². The molecular formula is C36H75NaO13S3. The molecule has 0 unspecified atom stereocenters. The molecule has 0 aromatic carbocycles. The summed E-state index contributed by atoms with van der Waals surface area (Å²) in [6.45, 7) is 6.48. The fraction of sp³-hybridized carbons (Fsp3) is 1.00. The molecule has 0 aromatic rings. The fourth-order valence-corrected chi connectivity index (χ4v) is 6.64. The normalized spacial score (nSPS) is 12.0. The van der Waals surface area contributed by atoms with E-state index in [0.717, 1.165) is 51.4 Å². The van der Waals surface area contributed by atoms with Crippen LogP contribution in [0.4, 0.5) is 0 Å². The zero-order valence-corrected chi connectivity index (χ0v) is 38.3. The Morgan fingerprint density at radius 2 is 0.547 bits per heavy atom. The number of unbranched alkanes of at least 4 members (excludes halogenated alkanes) is 27. The first kappa shape index (κ1) is 57.9. The second kappa shape index (κ2) is 42.2. The average molecular weight is 835 g/mol. The van der Waals surface area contributed by atoms with Crippen LogP contribution in [0.3, 0.4) is 0 Å². The van der Waals surface area contributed by atoms with Crippen LogP contribution >= 0.6 is 0 Å². The summed E-state index contributed by atoms with van der Waals surface area (Å²) in [5.41, 5.74) is 0. The van der Waals surface area contributed by atoms with E-state index in [1.807, 2.05) is 0 Å². The van der Waals surface area contributed by atoms with E-state index in [9.17, 15) is 29.8 Å². The molecule has 0 spiro atoms. The Labute approximate surface area is 347 Å². The molecule has 0 amide bonds. The molecule has 0 radical (unpaired) electrons.